The molecule has 1 aliphatic rings. The number of aliphatic hydroxyl groups is 1. The van der Waals surface area contributed by atoms with Crippen LogP contribution < -0.4 is 4.74 Å². The number of para-hydroxylation sites is 1. The fourth-order valence-electron chi connectivity index (χ4n) is 3.44. The van der Waals surface area contributed by atoms with Crippen LogP contribution in [0.15, 0.2) is 24.3 Å². The molecule has 0 fully saturated rings. The topological polar surface area (TPSA) is 53.8 Å². The van der Waals surface area contributed by atoms with Gasteiger partial charge in [0, 0.05) is 38.3 Å². The lowest BCUT2D eigenvalue weighted by Gasteiger charge is -2.21. The molecule has 0 amide bonds. The Morgan fingerprint density at radius 3 is 2.88 bits per heavy atom. The number of aliphatic hydroxyl groups excluding tert-OH is 1. The maximum absolute atomic E-state index is 13.9. The fourth-order valence-corrected chi connectivity index (χ4v) is 3.44. The summed E-state index contributed by atoms with van der Waals surface area (Å²) in [4.78, 5) is 4.21. The zero-order chi connectivity index (χ0) is 18.7. The predicted octanol–water partition coefficient (Wildman–Crippen LogP) is 2.03. The summed E-state index contributed by atoms with van der Waals surface area (Å²) in [5, 5.41) is 14.9. The Balaban J connectivity index is 1.76. The molecule has 3 rings (SSSR count). The number of methoxy groups -OCH3 is 1. The van der Waals surface area contributed by atoms with Gasteiger partial charge in [-0.25, -0.2) is 4.39 Å². The standard InChI is InChI=1S/C19H27FN4O2/c1-22(2)13-18(25)17-10-15-12-23(8-5-9-24(15)21-17)11-14-6-4-7-16(20)19(14)26-3/h4,6-7,10,18,25H,5,8-9,11-13H2,1-3H3/t18-/m0/s1. The van der Waals surface area contributed by atoms with Crippen LogP contribution in [0.3, 0.4) is 0 Å². The highest BCUT2D eigenvalue weighted by Gasteiger charge is 2.21. The molecule has 1 atom stereocenters. The van der Waals surface area contributed by atoms with Gasteiger partial charge in [-0.15, -0.1) is 0 Å². The van der Waals surface area contributed by atoms with Crippen LogP contribution >= 0.6 is 0 Å². The van der Waals surface area contributed by atoms with Gasteiger partial charge in [0.25, 0.3) is 0 Å². The first-order valence-electron chi connectivity index (χ1n) is 8.91. The molecule has 1 aromatic heterocycles. The van der Waals surface area contributed by atoms with E-state index < -0.39 is 6.10 Å². The summed E-state index contributed by atoms with van der Waals surface area (Å²) < 4.78 is 21.1. The highest BCUT2D eigenvalue weighted by atomic mass is 19.1. The first kappa shape index (κ1) is 18.8. The van der Waals surface area contributed by atoms with Gasteiger partial charge in [0.05, 0.1) is 18.5 Å². The molecule has 6 nitrogen and oxygen atoms in total. The van der Waals surface area contributed by atoms with Crippen molar-refractivity contribution in [3.8, 4) is 5.75 Å². The third-order valence-electron chi connectivity index (χ3n) is 4.64. The monoisotopic (exact) mass is 362 g/mol. The van der Waals surface area contributed by atoms with Gasteiger partial charge in [0.2, 0.25) is 0 Å². The Hall–Kier alpha value is -1.96. The molecule has 26 heavy (non-hydrogen) atoms. The Morgan fingerprint density at radius 1 is 1.35 bits per heavy atom. The Bertz CT molecular complexity index is 747. The van der Waals surface area contributed by atoms with E-state index in [9.17, 15) is 9.50 Å². The maximum atomic E-state index is 13.9. The number of rotatable bonds is 6. The minimum absolute atomic E-state index is 0.312. The first-order valence-corrected chi connectivity index (χ1v) is 8.91. The third-order valence-corrected chi connectivity index (χ3v) is 4.64. The van der Waals surface area contributed by atoms with E-state index in [-0.39, 0.29) is 5.82 Å². The molecule has 1 N–H and O–H groups in total. The predicted molar refractivity (Wildman–Crippen MR) is 97.4 cm³/mol. The van der Waals surface area contributed by atoms with E-state index in [0.29, 0.717) is 31.1 Å². The third kappa shape index (κ3) is 4.23. The van der Waals surface area contributed by atoms with E-state index in [4.69, 9.17) is 4.74 Å². The van der Waals surface area contributed by atoms with E-state index in [1.807, 2.05) is 35.8 Å². The second-order valence-electron chi connectivity index (χ2n) is 7.06. The van der Waals surface area contributed by atoms with Crippen molar-refractivity contribution in [2.45, 2.75) is 32.2 Å². The molecule has 2 heterocycles. The molecule has 0 aliphatic carbocycles. The second-order valence-corrected chi connectivity index (χ2v) is 7.06. The summed E-state index contributed by atoms with van der Waals surface area (Å²) in [5.74, 6) is -0.0219. The molecule has 0 saturated carbocycles. The normalized spacial score (nSPS) is 16.4. The lowest BCUT2D eigenvalue weighted by molar-refractivity contribution is 0.133. The van der Waals surface area contributed by atoms with Crippen LogP contribution in [-0.4, -0.2) is 59.0 Å². The molecule has 0 radical (unpaired) electrons. The van der Waals surface area contributed by atoms with Gasteiger partial charge < -0.3 is 14.7 Å². The van der Waals surface area contributed by atoms with Crippen molar-refractivity contribution in [1.82, 2.24) is 19.6 Å². The van der Waals surface area contributed by atoms with Crippen LogP contribution in [0.5, 0.6) is 5.75 Å². The molecule has 1 aromatic carbocycles. The highest BCUT2D eigenvalue weighted by molar-refractivity contribution is 5.35. The lowest BCUT2D eigenvalue weighted by atomic mass is 10.1. The van der Waals surface area contributed by atoms with Crippen molar-refractivity contribution in [1.29, 1.82) is 0 Å². The Labute approximate surface area is 153 Å². The van der Waals surface area contributed by atoms with Crippen molar-refractivity contribution < 1.29 is 14.2 Å². The molecule has 0 bridgehead atoms. The first-order chi connectivity index (χ1) is 12.5. The molecule has 0 spiro atoms. The highest BCUT2D eigenvalue weighted by Crippen LogP contribution is 2.26. The fraction of sp³-hybridized carbons (Fsp3) is 0.526. The van der Waals surface area contributed by atoms with E-state index >= 15 is 0 Å². The van der Waals surface area contributed by atoms with E-state index in [1.54, 1.807) is 6.07 Å². The summed E-state index contributed by atoms with van der Waals surface area (Å²) in [7, 11) is 5.36. The maximum Gasteiger partial charge on any atom is 0.165 e. The quantitative estimate of drug-likeness (QED) is 0.852. The van der Waals surface area contributed by atoms with Gasteiger partial charge in [-0.05, 0) is 32.6 Å². The Morgan fingerprint density at radius 2 is 2.15 bits per heavy atom. The molecule has 0 saturated heterocycles. The molecule has 0 unspecified atom stereocenters. The molecule has 7 heteroatoms. The number of hydrogen-bond donors (Lipinski definition) is 1. The van der Waals surface area contributed by atoms with Crippen LogP contribution in [0.4, 0.5) is 4.39 Å². The number of nitrogens with zero attached hydrogens (tertiary/aromatic N) is 4. The summed E-state index contributed by atoms with van der Waals surface area (Å²) >= 11 is 0. The van der Waals surface area contributed by atoms with E-state index in [2.05, 4.69) is 10.00 Å². The number of ether oxygens (including phenoxy) is 1. The zero-order valence-electron chi connectivity index (χ0n) is 15.7. The van der Waals surface area contributed by atoms with Gasteiger partial charge in [-0.3, -0.25) is 9.58 Å². The van der Waals surface area contributed by atoms with Crippen molar-refractivity contribution >= 4 is 0 Å². The number of hydrogen-bond acceptors (Lipinski definition) is 5. The summed E-state index contributed by atoms with van der Waals surface area (Å²) in [6.45, 7) is 3.59. The van der Waals surface area contributed by atoms with Gasteiger partial charge in [-0.2, -0.15) is 5.10 Å². The summed E-state index contributed by atoms with van der Waals surface area (Å²) in [5.41, 5.74) is 2.62. The molecule has 2 aromatic rings. The second kappa shape index (κ2) is 8.16. The van der Waals surface area contributed by atoms with Crippen molar-refractivity contribution in [2.24, 2.45) is 0 Å². The van der Waals surface area contributed by atoms with Crippen molar-refractivity contribution in [2.75, 3.05) is 34.3 Å². The number of aromatic nitrogens is 2. The lowest BCUT2D eigenvalue weighted by Crippen LogP contribution is -2.23. The number of fused-ring (bicyclic) bond motifs is 1. The van der Waals surface area contributed by atoms with Crippen LogP contribution in [0.25, 0.3) is 0 Å². The average molecular weight is 362 g/mol. The largest absolute Gasteiger partial charge is 0.493 e. The van der Waals surface area contributed by atoms with Gasteiger partial charge >= 0.3 is 0 Å². The average Bonchev–Trinajstić information content (AvgIpc) is 2.88. The smallest absolute Gasteiger partial charge is 0.165 e. The molecular weight excluding hydrogens is 335 g/mol. The molecule has 142 valence electrons. The minimum Gasteiger partial charge on any atom is -0.493 e. The summed E-state index contributed by atoms with van der Waals surface area (Å²) in [6.07, 6.45) is 0.358. The van der Waals surface area contributed by atoms with Crippen LogP contribution in [0.1, 0.15) is 29.5 Å². The van der Waals surface area contributed by atoms with E-state index in [0.717, 1.165) is 30.8 Å². The number of benzene rings is 1. The number of aryl methyl sites for hydroxylation is 1. The van der Waals surface area contributed by atoms with Crippen LogP contribution in [0.2, 0.25) is 0 Å². The van der Waals surface area contributed by atoms with Crippen LogP contribution in [-0.2, 0) is 19.6 Å². The van der Waals surface area contributed by atoms with Gasteiger partial charge in [0.15, 0.2) is 11.6 Å². The van der Waals surface area contributed by atoms with E-state index in [1.165, 1.54) is 13.2 Å². The SMILES string of the molecule is COc1c(F)cccc1CN1CCCn2nc([C@@H](O)CN(C)C)cc2C1. The minimum atomic E-state index is -0.596. The zero-order valence-corrected chi connectivity index (χ0v) is 15.7. The van der Waals surface area contributed by atoms with Crippen molar-refractivity contribution in [3.63, 3.8) is 0 Å². The molecule has 1 aliphatic heterocycles. The van der Waals surface area contributed by atoms with Gasteiger partial charge in [-0.1, -0.05) is 12.1 Å². The number of halogens is 1. The van der Waals surface area contributed by atoms with Crippen LogP contribution in [0, 0.1) is 5.82 Å². The number of likely N-dealkylation sites (N-methyl/N-ethyl adjacent to an activating group) is 1. The van der Waals surface area contributed by atoms with Gasteiger partial charge in [0.1, 0.15) is 6.10 Å². The molecular formula is C19H27FN4O2. The van der Waals surface area contributed by atoms with Crippen molar-refractivity contribution in [3.05, 3.63) is 47.0 Å². The Kier molecular flexibility index (Phi) is 5.90. The summed E-state index contributed by atoms with van der Waals surface area (Å²) in [6, 6.07) is 7.01.